The fourth-order valence-electron chi connectivity index (χ4n) is 5.22. The number of ketones is 1. The molecule has 1 aliphatic carbocycles. The lowest BCUT2D eigenvalue weighted by Crippen LogP contribution is -2.27. The van der Waals surface area contributed by atoms with Crippen molar-refractivity contribution in [2.45, 2.75) is 89.6 Å². The van der Waals surface area contributed by atoms with Crippen LogP contribution in [0.5, 0.6) is 0 Å². The Bertz CT molecular complexity index is 914. The van der Waals surface area contributed by atoms with E-state index >= 15 is 0 Å². The van der Waals surface area contributed by atoms with E-state index in [4.69, 9.17) is 0 Å². The molecule has 0 radical (unpaired) electrons. The lowest BCUT2D eigenvalue weighted by atomic mass is 9.71. The summed E-state index contributed by atoms with van der Waals surface area (Å²) in [7, 11) is 1.61. The monoisotopic (exact) mass is 472 g/mol. The highest BCUT2D eigenvalue weighted by molar-refractivity contribution is 7.18. The highest BCUT2D eigenvalue weighted by atomic mass is 31.0. The molecule has 1 nitrogen and oxygen atoms in total. The topological polar surface area (TPSA) is 17.1 Å². The summed E-state index contributed by atoms with van der Waals surface area (Å²) >= 11 is 0. The normalized spacial score (nSPS) is 21.5. The van der Waals surface area contributed by atoms with Crippen molar-refractivity contribution in [1.29, 1.82) is 0 Å². The molecular formula is C29H39F2OP. The predicted octanol–water partition coefficient (Wildman–Crippen LogP) is 8.74. The number of carbonyl (C=O) groups excluding carboxylic acids is 1. The van der Waals surface area contributed by atoms with Crippen molar-refractivity contribution in [3.05, 3.63) is 70.8 Å². The summed E-state index contributed by atoms with van der Waals surface area (Å²) < 4.78 is 27.2. The molecule has 1 saturated carbocycles. The zero-order chi connectivity index (χ0) is 24.4. The maximum Gasteiger partial charge on any atom is 0.265 e. The van der Waals surface area contributed by atoms with Gasteiger partial charge in [0.1, 0.15) is 0 Å². The van der Waals surface area contributed by atoms with E-state index in [1.807, 2.05) is 0 Å². The first kappa shape index (κ1) is 26.0. The number of Topliss-reactive ketones (excluding diaryl/α,β-unsaturated/α-hetero) is 1. The maximum atomic E-state index is 13.6. The van der Waals surface area contributed by atoms with Crippen molar-refractivity contribution < 1.29 is 13.6 Å². The van der Waals surface area contributed by atoms with Crippen molar-refractivity contribution in [3.8, 4) is 0 Å². The van der Waals surface area contributed by atoms with Gasteiger partial charge in [-0.1, -0.05) is 92.4 Å². The van der Waals surface area contributed by atoms with Gasteiger partial charge in [-0.05, 0) is 66.0 Å². The summed E-state index contributed by atoms with van der Waals surface area (Å²) in [6, 6.07) is 15.9. The van der Waals surface area contributed by atoms with Gasteiger partial charge in [0.05, 0.1) is 0 Å². The number of hydrogen-bond donors (Lipinski definition) is 0. The van der Waals surface area contributed by atoms with E-state index in [0.717, 1.165) is 32.1 Å². The van der Waals surface area contributed by atoms with Crippen molar-refractivity contribution >= 4 is 15.0 Å². The molecule has 33 heavy (non-hydrogen) atoms. The molecule has 0 saturated heterocycles. The van der Waals surface area contributed by atoms with Crippen LogP contribution in [0.15, 0.2) is 48.5 Å². The molecule has 1 aliphatic rings. The van der Waals surface area contributed by atoms with Gasteiger partial charge >= 0.3 is 0 Å². The average molecular weight is 473 g/mol. The Kier molecular flexibility index (Phi) is 8.15. The van der Waals surface area contributed by atoms with E-state index < -0.39 is 11.6 Å². The average Bonchev–Trinajstić information content (AvgIpc) is 2.78. The van der Waals surface area contributed by atoms with Crippen LogP contribution < -0.4 is 0 Å². The molecule has 0 N–H and O–H groups in total. The largest absolute Gasteiger partial charge is 0.294 e. The quantitative estimate of drug-likeness (QED) is 0.291. The van der Waals surface area contributed by atoms with E-state index in [1.165, 1.54) is 18.1 Å². The Morgan fingerprint density at radius 3 is 1.97 bits per heavy atom. The zero-order valence-corrected chi connectivity index (χ0v) is 21.9. The van der Waals surface area contributed by atoms with Crippen molar-refractivity contribution in [1.82, 2.24) is 0 Å². The maximum absolute atomic E-state index is 13.6. The third kappa shape index (κ3) is 6.30. The Labute approximate surface area is 201 Å². The first-order chi connectivity index (χ1) is 15.4. The Balaban J connectivity index is 1.63. The molecule has 3 atom stereocenters. The molecule has 1 fully saturated rings. The van der Waals surface area contributed by atoms with Crippen molar-refractivity contribution in [2.75, 3.05) is 0 Å². The summed E-state index contributed by atoms with van der Waals surface area (Å²) in [6.07, 6.45) is 5.16. The Hall–Kier alpha value is -1.60. The zero-order valence-electron chi connectivity index (χ0n) is 20.7. The second-order valence-electron chi connectivity index (χ2n) is 10.9. The van der Waals surface area contributed by atoms with Gasteiger partial charge in [0.25, 0.3) is 5.66 Å². The smallest absolute Gasteiger partial charge is 0.265 e. The standard InChI is InChI=1S/C29H39F2OP/c1-6-26(27(32)24-13-7-20(8-14-24)19(2)29(30,31)33)23-11-9-21(10-12-23)22-15-17-25(18-16-22)28(3,4)5/h7-8,13-19,21,23,26H,6,9-12,33H2,1-5H3. The van der Waals surface area contributed by atoms with Gasteiger partial charge in [0.2, 0.25) is 0 Å². The minimum absolute atomic E-state index is 0.000613. The van der Waals surface area contributed by atoms with Crippen LogP contribution in [0, 0.1) is 11.8 Å². The molecule has 0 spiro atoms. The van der Waals surface area contributed by atoms with E-state index in [-0.39, 0.29) is 17.1 Å². The minimum Gasteiger partial charge on any atom is -0.294 e. The number of carbonyl (C=O) groups is 1. The summed E-state index contributed by atoms with van der Waals surface area (Å²) in [5.41, 5.74) is 1.28. The van der Waals surface area contributed by atoms with E-state index in [0.29, 0.717) is 23.0 Å². The molecular weight excluding hydrogens is 433 g/mol. The van der Waals surface area contributed by atoms with Gasteiger partial charge in [-0.2, -0.15) is 0 Å². The molecule has 0 amide bonds. The molecule has 0 aromatic heterocycles. The van der Waals surface area contributed by atoms with E-state index in [2.05, 4.69) is 52.0 Å². The molecule has 2 aromatic carbocycles. The highest BCUT2D eigenvalue weighted by Gasteiger charge is 2.33. The van der Waals surface area contributed by atoms with Gasteiger partial charge in [-0.15, -0.1) is 0 Å². The first-order valence-corrected chi connectivity index (χ1v) is 12.9. The molecule has 0 aliphatic heterocycles. The van der Waals surface area contributed by atoms with Crippen LogP contribution in [0.2, 0.25) is 0 Å². The van der Waals surface area contributed by atoms with Gasteiger partial charge < -0.3 is 0 Å². The number of rotatable bonds is 7. The van der Waals surface area contributed by atoms with Gasteiger partial charge in [0.15, 0.2) is 5.78 Å². The van der Waals surface area contributed by atoms with Crippen molar-refractivity contribution in [2.24, 2.45) is 11.8 Å². The molecule has 2 aromatic rings. The molecule has 3 rings (SSSR count). The third-order valence-corrected chi connectivity index (χ3v) is 8.14. The fourth-order valence-corrected chi connectivity index (χ4v) is 5.41. The second kappa shape index (κ2) is 10.3. The van der Waals surface area contributed by atoms with Crippen LogP contribution in [0.4, 0.5) is 8.78 Å². The van der Waals surface area contributed by atoms with Gasteiger partial charge in [0, 0.05) is 17.4 Å². The van der Waals surface area contributed by atoms with Crippen LogP contribution in [0.3, 0.4) is 0 Å². The van der Waals surface area contributed by atoms with Crippen molar-refractivity contribution in [3.63, 3.8) is 0 Å². The SMILES string of the molecule is CCC(C(=O)c1ccc(C(C)C(F)(F)P)cc1)C1CCC(c2ccc(C(C)(C)C)cc2)CC1. The lowest BCUT2D eigenvalue weighted by Gasteiger charge is -2.33. The van der Waals surface area contributed by atoms with E-state index in [9.17, 15) is 13.6 Å². The van der Waals surface area contributed by atoms with Gasteiger partial charge in [-0.25, -0.2) is 8.78 Å². The Morgan fingerprint density at radius 2 is 1.52 bits per heavy atom. The summed E-state index contributed by atoms with van der Waals surface area (Å²) in [5, 5.41) is 0. The molecule has 0 bridgehead atoms. The second-order valence-corrected chi connectivity index (χ2v) is 11.7. The third-order valence-electron chi connectivity index (χ3n) is 7.64. The first-order valence-electron chi connectivity index (χ1n) is 12.3. The summed E-state index contributed by atoms with van der Waals surface area (Å²) in [6.45, 7) is 10.3. The van der Waals surface area contributed by atoms with Crippen LogP contribution in [-0.2, 0) is 5.41 Å². The number of benzene rings is 2. The number of hydrogen-bond acceptors (Lipinski definition) is 1. The number of halogens is 2. The van der Waals surface area contributed by atoms with Crippen LogP contribution in [0.25, 0.3) is 0 Å². The van der Waals surface area contributed by atoms with Crippen LogP contribution in [-0.4, -0.2) is 11.4 Å². The fraction of sp³-hybridized carbons (Fsp3) is 0.552. The number of alkyl halides is 2. The van der Waals surface area contributed by atoms with Crippen LogP contribution in [0.1, 0.15) is 106 Å². The molecule has 4 heteroatoms. The predicted molar refractivity (Wildman–Crippen MR) is 137 cm³/mol. The lowest BCUT2D eigenvalue weighted by molar-refractivity contribution is 0.0781. The van der Waals surface area contributed by atoms with Crippen LogP contribution >= 0.6 is 9.24 Å². The molecule has 180 valence electrons. The minimum atomic E-state index is -2.86. The summed E-state index contributed by atoms with van der Waals surface area (Å²) in [4.78, 5) is 13.3. The highest BCUT2D eigenvalue weighted by Crippen LogP contribution is 2.42. The molecule has 3 unspecified atom stereocenters. The Morgan fingerprint density at radius 1 is 0.970 bits per heavy atom. The van der Waals surface area contributed by atoms with Gasteiger partial charge in [-0.3, -0.25) is 4.79 Å². The van der Waals surface area contributed by atoms with E-state index in [1.54, 1.807) is 33.5 Å². The molecule has 0 heterocycles. The summed E-state index contributed by atoms with van der Waals surface area (Å²) in [5.74, 6) is 0.217.